The number of carbonyl (C=O) groups is 1. The molecule has 2 heterocycles. The van der Waals surface area contributed by atoms with Crippen molar-refractivity contribution in [2.75, 3.05) is 19.7 Å². The van der Waals surface area contributed by atoms with Gasteiger partial charge < -0.3 is 9.64 Å². The first kappa shape index (κ1) is 17.0. The van der Waals surface area contributed by atoms with Gasteiger partial charge in [-0.25, -0.2) is 0 Å². The molecule has 6 heteroatoms. The zero-order valence-corrected chi connectivity index (χ0v) is 15.0. The van der Waals surface area contributed by atoms with E-state index in [2.05, 4.69) is 5.10 Å². The Balaban J connectivity index is 1.73. The van der Waals surface area contributed by atoms with Crippen molar-refractivity contribution in [1.82, 2.24) is 14.7 Å². The standard InChI is InChI=1S/C18H22ClN3O2/c1-12-15(13(2)21(3)20-12)10-18(23)22-8-9-24-17(11-22)14-6-4-5-7-16(14)19/h4-7,17H,8-11H2,1-3H3/t17-/m0/s1. The van der Waals surface area contributed by atoms with Gasteiger partial charge in [0.25, 0.3) is 0 Å². The van der Waals surface area contributed by atoms with Gasteiger partial charge in [0.05, 0.1) is 25.3 Å². The number of nitrogens with zero attached hydrogens (tertiary/aromatic N) is 3. The van der Waals surface area contributed by atoms with E-state index >= 15 is 0 Å². The number of benzene rings is 1. The normalized spacial score (nSPS) is 18.0. The zero-order valence-electron chi connectivity index (χ0n) is 14.3. The lowest BCUT2D eigenvalue weighted by molar-refractivity contribution is -0.138. The SMILES string of the molecule is Cc1nn(C)c(C)c1CC(=O)N1CCO[C@H](c2ccccc2Cl)C1. The second-order valence-corrected chi connectivity index (χ2v) is 6.58. The molecule has 0 spiro atoms. The number of aromatic nitrogens is 2. The molecule has 5 nitrogen and oxygen atoms in total. The predicted molar refractivity (Wildman–Crippen MR) is 93.1 cm³/mol. The molecule has 1 aliphatic rings. The van der Waals surface area contributed by atoms with Crippen molar-refractivity contribution >= 4 is 17.5 Å². The van der Waals surface area contributed by atoms with E-state index in [0.717, 1.165) is 22.5 Å². The van der Waals surface area contributed by atoms with Gasteiger partial charge in [-0.15, -0.1) is 0 Å². The summed E-state index contributed by atoms with van der Waals surface area (Å²) in [4.78, 5) is 14.6. The molecule has 1 aromatic carbocycles. The van der Waals surface area contributed by atoms with Crippen molar-refractivity contribution in [1.29, 1.82) is 0 Å². The van der Waals surface area contributed by atoms with Crippen LogP contribution in [0.3, 0.4) is 0 Å². The van der Waals surface area contributed by atoms with Gasteiger partial charge in [0.2, 0.25) is 5.91 Å². The minimum absolute atomic E-state index is 0.106. The van der Waals surface area contributed by atoms with Gasteiger partial charge in [0, 0.05) is 35.4 Å². The molecule has 3 rings (SSSR count). The van der Waals surface area contributed by atoms with E-state index in [-0.39, 0.29) is 12.0 Å². The van der Waals surface area contributed by atoms with Crippen molar-refractivity contribution in [2.45, 2.75) is 26.4 Å². The molecule has 128 valence electrons. The highest BCUT2D eigenvalue weighted by Crippen LogP contribution is 2.28. The lowest BCUT2D eigenvalue weighted by Crippen LogP contribution is -2.43. The number of rotatable bonds is 3. The number of hydrogen-bond acceptors (Lipinski definition) is 3. The molecule has 0 aliphatic carbocycles. The fourth-order valence-corrected chi connectivity index (χ4v) is 3.39. The van der Waals surface area contributed by atoms with Crippen molar-refractivity contribution in [3.63, 3.8) is 0 Å². The van der Waals surface area contributed by atoms with Gasteiger partial charge in [0.15, 0.2) is 0 Å². The van der Waals surface area contributed by atoms with E-state index in [9.17, 15) is 4.79 Å². The second-order valence-electron chi connectivity index (χ2n) is 6.17. The highest BCUT2D eigenvalue weighted by atomic mass is 35.5. The highest BCUT2D eigenvalue weighted by molar-refractivity contribution is 6.31. The molecular weight excluding hydrogens is 326 g/mol. The van der Waals surface area contributed by atoms with Crippen LogP contribution in [0.5, 0.6) is 0 Å². The van der Waals surface area contributed by atoms with Crippen molar-refractivity contribution < 1.29 is 9.53 Å². The molecule has 2 aromatic rings. The Morgan fingerprint density at radius 3 is 2.79 bits per heavy atom. The molecule has 1 saturated heterocycles. The quantitative estimate of drug-likeness (QED) is 0.857. The van der Waals surface area contributed by atoms with Crippen molar-refractivity contribution in [3.8, 4) is 0 Å². The molecule has 1 aliphatic heterocycles. The van der Waals surface area contributed by atoms with E-state index in [0.29, 0.717) is 31.1 Å². The summed E-state index contributed by atoms with van der Waals surface area (Å²) >= 11 is 6.26. The Morgan fingerprint density at radius 2 is 2.12 bits per heavy atom. The molecule has 0 saturated carbocycles. The van der Waals surface area contributed by atoms with Crippen LogP contribution >= 0.6 is 11.6 Å². The van der Waals surface area contributed by atoms with Gasteiger partial charge >= 0.3 is 0 Å². The summed E-state index contributed by atoms with van der Waals surface area (Å²) in [5.41, 5.74) is 3.91. The first-order valence-electron chi connectivity index (χ1n) is 8.10. The van der Waals surface area contributed by atoms with Crippen molar-refractivity contribution in [2.24, 2.45) is 7.05 Å². The predicted octanol–water partition coefficient (Wildman–Crippen LogP) is 2.83. The van der Waals surface area contributed by atoms with E-state index < -0.39 is 0 Å². The number of aryl methyl sites for hydroxylation is 2. The summed E-state index contributed by atoms with van der Waals surface area (Å²) in [7, 11) is 1.90. The lowest BCUT2D eigenvalue weighted by Gasteiger charge is -2.33. The Labute approximate surface area is 147 Å². The Morgan fingerprint density at radius 1 is 1.38 bits per heavy atom. The third kappa shape index (κ3) is 3.32. The van der Waals surface area contributed by atoms with Gasteiger partial charge in [-0.3, -0.25) is 9.48 Å². The van der Waals surface area contributed by atoms with Crippen LogP contribution in [-0.2, 0) is 23.0 Å². The molecule has 0 N–H and O–H groups in total. The number of ether oxygens (including phenoxy) is 1. The van der Waals surface area contributed by atoms with E-state index in [1.165, 1.54) is 0 Å². The molecule has 1 fully saturated rings. The third-order valence-electron chi connectivity index (χ3n) is 4.66. The maximum atomic E-state index is 12.7. The molecule has 1 aromatic heterocycles. The number of carbonyl (C=O) groups excluding carboxylic acids is 1. The van der Waals surface area contributed by atoms with E-state index in [1.54, 1.807) is 0 Å². The monoisotopic (exact) mass is 347 g/mol. The summed E-state index contributed by atoms with van der Waals surface area (Å²) in [6, 6.07) is 7.64. The number of halogens is 1. The minimum atomic E-state index is -0.174. The molecule has 0 bridgehead atoms. The van der Waals surface area contributed by atoms with Gasteiger partial charge in [-0.1, -0.05) is 29.8 Å². The minimum Gasteiger partial charge on any atom is -0.370 e. The van der Waals surface area contributed by atoms with Crippen LogP contribution in [0, 0.1) is 13.8 Å². The van der Waals surface area contributed by atoms with Crippen LogP contribution < -0.4 is 0 Å². The number of morpholine rings is 1. The summed E-state index contributed by atoms with van der Waals surface area (Å²) in [5, 5.41) is 5.06. The second kappa shape index (κ2) is 6.95. The smallest absolute Gasteiger partial charge is 0.227 e. The largest absolute Gasteiger partial charge is 0.370 e. The Hall–Kier alpha value is -1.85. The molecule has 1 amide bonds. The van der Waals surface area contributed by atoms with Crippen LogP contribution in [0.4, 0.5) is 0 Å². The average molecular weight is 348 g/mol. The van der Waals surface area contributed by atoms with Crippen LogP contribution in [0.15, 0.2) is 24.3 Å². The van der Waals surface area contributed by atoms with Crippen LogP contribution in [0.2, 0.25) is 5.02 Å². The van der Waals surface area contributed by atoms with E-state index in [4.69, 9.17) is 16.3 Å². The molecule has 1 atom stereocenters. The molecular formula is C18H22ClN3O2. The lowest BCUT2D eigenvalue weighted by atomic mass is 10.1. The third-order valence-corrected chi connectivity index (χ3v) is 5.00. The van der Waals surface area contributed by atoms with Crippen LogP contribution in [-0.4, -0.2) is 40.3 Å². The van der Waals surface area contributed by atoms with Gasteiger partial charge in [-0.2, -0.15) is 5.10 Å². The van der Waals surface area contributed by atoms with Gasteiger partial charge in [0.1, 0.15) is 6.10 Å². The number of hydrogen-bond donors (Lipinski definition) is 0. The Kier molecular flexibility index (Phi) is 4.92. The molecule has 0 radical (unpaired) electrons. The molecule has 0 unspecified atom stereocenters. The summed E-state index contributed by atoms with van der Waals surface area (Å²) in [6.45, 7) is 5.60. The van der Waals surface area contributed by atoms with E-state index in [1.807, 2.05) is 54.7 Å². The van der Waals surface area contributed by atoms with Crippen LogP contribution in [0.1, 0.15) is 28.6 Å². The van der Waals surface area contributed by atoms with Crippen LogP contribution in [0.25, 0.3) is 0 Å². The maximum Gasteiger partial charge on any atom is 0.227 e. The Bertz CT molecular complexity index is 757. The zero-order chi connectivity index (χ0) is 17.3. The fourth-order valence-electron chi connectivity index (χ4n) is 3.14. The maximum absolute atomic E-state index is 12.7. The highest BCUT2D eigenvalue weighted by Gasteiger charge is 2.27. The van der Waals surface area contributed by atoms with Gasteiger partial charge in [-0.05, 0) is 19.9 Å². The van der Waals surface area contributed by atoms with Crippen molar-refractivity contribution in [3.05, 3.63) is 51.8 Å². The number of amides is 1. The molecule has 24 heavy (non-hydrogen) atoms. The topological polar surface area (TPSA) is 47.4 Å². The first-order valence-corrected chi connectivity index (χ1v) is 8.48. The average Bonchev–Trinajstić information content (AvgIpc) is 2.81. The summed E-state index contributed by atoms with van der Waals surface area (Å²) < 4.78 is 7.66. The first-order chi connectivity index (χ1) is 11.5. The summed E-state index contributed by atoms with van der Waals surface area (Å²) in [6.07, 6.45) is 0.202. The fraction of sp³-hybridized carbons (Fsp3) is 0.444. The summed E-state index contributed by atoms with van der Waals surface area (Å²) in [5.74, 6) is 0.106.